The standard InChI is InChI=1S/C22H24N3O3P/c1-16-7-5-8-17(2)21(16)27-29(26,25-24-15-20-11-13-23-14-12-20)28-22-18(3)9-6-10-19(22)4/h5-15H,1-4H3,(H,25,26)/b24-15-. The molecule has 0 aliphatic heterocycles. The maximum Gasteiger partial charge on any atom is 0.557 e. The molecule has 0 aliphatic carbocycles. The van der Waals surface area contributed by atoms with Gasteiger partial charge < -0.3 is 9.05 Å². The summed E-state index contributed by atoms with van der Waals surface area (Å²) < 4.78 is 25.5. The molecule has 0 amide bonds. The summed E-state index contributed by atoms with van der Waals surface area (Å²) in [6.45, 7) is 7.58. The molecule has 6 nitrogen and oxygen atoms in total. The number of nitrogens with one attached hydrogen (secondary N) is 1. The summed E-state index contributed by atoms with van der Waals surface area (Å²) >= 11 is 0. The van der Waals surface area contributed by atoms with Gasteiger partial charge in [0.15, 0.2) is 0 Å². The number of rotatable bonds is 7. The molecule has 29 heavy (non-hydrogen) atoms. The minimum absolute atomic E-state index is 0.508. The van der Waals surface area contributed by atoms with Crippen LogP contribution in [-0.2, 0) is 4.57 Å². The summed E-state index contributed by atoms with van der Waals surface area (Å²) in [4.78, 5) is 3.97. The highest BCUT2D eigenvalue weighted by atomic mass is 31.2. The van der Waals surface area contributed by atoms with Crippen molar-refractivity contribution in [3.8, 4) is 11.5 Å². The van der Waals surface area contributed by atoms with Gasteiger partial charge in [0.25, 0.3) is 0 Å². The van der Waals surface area contributed by atoms with Crippen molar-refractivity contribution in [2.24, 2.45) is 5.10 Å². The van der Waals surface area contributed by atoms with E-state index in [0.29, 0.717) is 11.5 Å². The molecule has 0 fully saturated rings. The molecule has 3 rings (SSSR count). The third-order valence-corrected chi connectivity index (χ3v) is 5.55. The second-order valence-corrected chi connectivity index (χ2v) is 8.32. The molecule has 0 aliphatic rings. The Bertz CT molecular complexity index is 970. The molecule has 0 bridgehead atoms. The van der Waals surface area contributed by atoms with Crippen LogP contribution in [0.1, 0.15) is 27.8 Å². The largest absolute Gasteiger partial charge is 0.557 e. The molecule has 0 radical (unpaired) electrons. The van der Waals surface area contributed by atoms with Crippen molar-refractivity contribution in [3.05, 3.63) is 88.7 Å². The van der Waals surface area contributed by atoms with Crippen molar-refractivity contribution < 1.29 is 13.6 Å². The number of hydrogen-bond donors (Lipinski definition) is 1. The smallest absolute Gasteiger partial charge is 0.399 e. The van der Waals surface area contributed by atoms with Crippen molar-refractivity contribution in [1.29, 1.82) is 0 Å². The van der Waals surface area contributed by atoms with Gasteiger partial charge in [-0.25, -0.2) is 4.57 Å². The predicted octanol–water partition coefficient (Wildman–Crippen LogP) is 5.50. The van der Waals surface area contributed by atoms with Gasteiger partial charge in [-0.3, -0.25) is 4.98 Å². The molecule has 0 atom stereocenters. The van der Waals surface area contributed by atoms with Gasteiger partial charge in [0.05, 0.1) is 6.21 Å². The zero-order valence-electron chi connectivity index (χ0n) is 16.9. The fourth-order valence-corrected chi connectivity index (χ4v) is 4.18. The minimum atomic E-state index is -3.87. The van der Waals surface area contributed by atoms with Gasteiger partial charge in [0.2, 0.25) is 0 Å². The van der Waals surface area contributed by atoms with Gasteiger partial charge in [-0.15, -0.1) is 0 Å². The van der Waals surface area contributed by atoms with E-state index in [2.05, 4.69) is 15.3 Å². The van der Waals surface area contributed by atoms with Crippen LogP contribution in [0.25, 0.3) is 0 Å². The van der Waals surface area contributed by atoms with E-state index >= 15 is 0 Å². The number of hydrazone groups is 1. The van der Waals surface area contributed by atoms with E-state index in [1.807, 2.05) is 64.1 Å². The van der Waals surface area contributed by atoms with E-state index in [4.69, 9.17) is 9.05 Å². The lowest BCUT2D eigenvalue weighted by molar-refractivity contribution is 0.368. The lowest BCUT2D eigenvalue weighted by Crippen LogP contribution is -2.15. The topological polar surface area (TPSA) is 72.8 Å². The molecule has 1 N–H and O–H groups in total. The number of aromatic nitrogens is 1. The van der Waals surface area contributed by atoms with Crippen LogP contribution in [0, 0.1) is 27.7 Å². The lowest BCUT2D eigenvalue weighted by atomic mass is 10.1. The molecule has 150 valence electrons. The van der Waals surface area contributed by atoms with Crippen molar-refractivity contribution in [3.63, 3.8) is 0 Å². The number of para-hydroxylation sites is 2. The Labute approximate surface area is 171 Å². The Morgan fingerprint density at radius 2 is 1.28 bits per heavy atom. The monoisotopic (exact) mass is 409 g/mol. The van der Waals surface area contributed by atoms with Crippen LogP contribution < -0.4 is 14.2 Å². The summed E-state index contributed by atoms with van der Waals surface area (Å²) in [5.41, 5.74) is 4.23. The number of nitrogens with zero attached hydrogens (tertiary/aromatic N) is 2. The Balaban J connectivity index is 1.94. The number of pyridine rings is 1. The number of aryl methyl sites for hydroxylation is 4. The zero-order valence-corrected chi connectivity index (χ0v) is 17.8. The molecule has 0 spiro atoms. The third kappa shape index (κ3) is 5.24. The van der Waals surface area contributed by atoms with E-state index in [0.717, 1.165) is 27.8 Å². The molecular weight excluding hydrogens is 385 g/mol. The van der Waals surface area contributed by atoms with Crippen LogP contribution in [0.15, 0.2) is 66.0 Å². The van der Waals surface area contributed by atoms with Crippen LogP contribution in [0.2, 0.25) is 0 Å². The van der Waals surface area contributed by atoms with Gasteiger partial charge in [-0.05, 0) is 67.6 Å². The maximum absolute atomic E-state index is 13.7. The van der Waals surface area contributed by atoms with Crippen LogP contribution in [0.4, 0.5) is 0 Å². The van der Waals surface area contributed by atoms with Gasteiger partial charge in [-0.2, -0.15) is 10.3 Å². The average molecular weight is 409 g/mol. The first-order valence-corrected chi connectivity index (χ1v) is 10.7. The van der Waals surface area contributed by atoms with Gasteiger partial charge in [-0.1, -0.05) is 36.4 Å². The van der Waals surface area contributed by atoms with Gasteiger partial charge >= 0.3 is 7.75 Å². The fourth-order valence-electron chi connectivity index (χ4n) is 2.81. The second kappa shape index (κ2) is 8.93. The molecule has 3 aromatic rings. The maximum atomic E-state index is 13.7. The van der Waals surface area contributed by atoms with Crippen LogP contribution >= 0.6 is 7.75 Å². The third-order valence-electron chi connectivity index (χ3n) is 4.34. The average Bonchev–Trinajstić information content (AvgIpc) is 2.69. The summed E-state index contributed by atoms with van der Waals surface area (Å²) in [6.07, 6.45) is 4.85. The first-order valence-electron chi connectivity index (χ1n) is 9.20. The van der Waals surface area contributed by atoms with E-state index < -0.39 is 7.75 Å². The van der Waals surface area contributed by atoms with Crippen LogP contribution in [-0.4, -0.2) is 11.2 Å². The quantitative estimate of drug-likeness (QED) is 0.317. The van der Waals surface area contributed by atoms with E-state index in [1.54, 1.807) is 24.5 Å². The molecule has 2 aromatic carbocycles. The van der Waals surface area contributed by atoms with Crippen molar-refractivity contribution in [2.75, 3.05) is 0 Å². The predicted molar refractivity (Wildman–Crippen MR) is 116 cm³/mol. The number of benzene rings is 2. The van der Waals surface area contributed by atoms with E-state index in [1.165, 1.54) is 6.21 Å². The summed E-state index contributed by atoms with van der Waals surface area (Å²) in [5.74, 6) is 1.02. The Hall–Kier alpha value is -3.11. The van der Waals surface area contributed by atoms with E-state index in [9.17, 15) is 4.57 Å². The normalized spacial score (nSPS) is 11.4. The highest BCUT2D eigenvalue weighted by Crippen LogP contribution is 2.48. The highest BCUT2D eigenvalue weighted by molar-refractivity contribution is 7.52. The first-order chi connectivity index (χ1) is 13.9. The van der Waals surface area contributed by atoms with Crippen molar-refractivity contribution >= 4 is 14.0 Å². The lowest BCUT2D eigenvalue weighted by Gasteiger charge is -2.22. The highest BCUT2D eigenvalue weighted by Gasteiger charge is 2.31. The molecule has 0 saturated heterocycles. The zero-order chi connectivity index (χ0) is 20.9. The summed E-state index contributed by atoms with van der Waals surface area (Å²) in [7, 11) is -3.87. The SMILES string of the molecule is Cc1cccc(C)c1OP(=O)(N/N=C\c1ccncc1)Oc1c(C)cccc1C. The van der Waals surface area contributed by atoms with Crippen molar-refractivity contribution in [2.45, 2.75) is 27.7 Å². The molecule has 1 aromatic heterocycles. The summed E-state index contributed by atoms with van der Waals surface area (Å²) in [6, 6.07) is 15.0. The Kier molecular flexibility index (Phi) is 6.35. The van der Waals surface area contributed by atoms with Crippen molar-refractivity contribution in [1.82, 2.24) is 10.2 Å². The number of hydrogen-bond acceptors (Lipinski definition) is 5. The van der Waals surface area contributed by atoms with Crippen LogP contribution in [0.3, 0.4) is 0 Å². The Morgan fingerprint density at radius 1 is 0.828 bits per heavy atom. The molecule has 0 saturated carbocycles. The Morgan fingerprint density at radius 3 is 1.72 bits per heavy atom. The summed E-state index contributed by atoms with van der Waals surface area (Å²) in [5, 5.41) is 6.72. The fraction of sp³-hybridized carbons (Fsp3) is 0.182. The van der Waals surface area contributed by atoms with E-state index in [-0.39, 0.29) is 0 Å². The molecule has 0 unspecified atom stereocenters. The van der Waals surface area contributed by atoms with Gasteiger partial charge in [0, 0.05) is 12.4 Å². The second-order valence-electron chi connectivity index (χ2n) is 6.76. The molecule has 1 heterocycles. The molecule has 7 heteroatoms. The first kappa shape index (κ1) is 20.6. The molecular formula is C22H24N3O3P. The van der Waals surface area contributed by atoms with Crippen LogP contribution in [0.5, 0.6) is 11.5 Å². The minimum Gasteiger partial charge on any atom is -0.399 e. The van der Waals surface area contributed by atoms with Gasteiger partial charge in [0.1, 0.15) is 11.5 Å².